The van der Waals surface area contributed by atoms with Crippen molar-refractivity contribution < 1.29 is 4.21 Å². The van der Waals surface area contributed by atoms with Gasteiger partial charge in [0.15, 0.2) is 0 Å². The standard InChI is InChI=1S/C13H14N2OS/c1-10-2-3-12(14)8-13(10)17(16)9-11-4-6-15-7-5-11/h2-8H,9,14H2,1H3. The van der Waals surface area contributed by atoms with E-state index in [1.54, 1.807) is 18.5 Å². The molecule has 0 aliphatic carbocycles. The molecule has 2 N–H and O–H groups in total. The van der Waals surface area contributed by atoms with Crippen molar-refractivity contribution in [2.45, 2.75) is 17.6 Å². The summed E-state index contributed by atoms with van der Waals surface area (Å²) in [5.74, 6) is 0.493. The van der Waals surface area contributed by atoms with Crippen molar-refractivity contribution in [3.8, 4) is 0 Å². The van der Waals surface area contributed by atoms with Crippen molar-refractivity contribution in [1.29, 1.82) is 0 Å². The molecule has 88 valence electrons. The summed E-state index contributed by atoms with van der Waals surface area (Å²) in [7, 11) is -1.06. The van der Waals surface area contributed by atoms with Crippen LogP contribution in [0.4, 0.5) is 5.69 Å². The van der Waals surface area contributed by atoms with Gasteiger partial charge in [0, 0.05) is 23.0 Å². The highest BCUT2D eigenvalue weighted by Gasteiger charge is 2.08. The van der Waals surface area contributed by atoms with Crippen molar-refractivity contribution in [2.24, 2.45) is 0 Å². The average Bonchev–Trinajstić information content (AvgIpc) is 2.33. The normalized spacial score (nSPS) is 12.3. The van der Waals surface area contributed by atoms with E-state index in [-0.39, 0.29) is 0 Å². The first-order valence-corrected chi connectivity index (χ1v) is 6.62. The van der Waals surface area contributed by atoms with E-state index < -0.39 is 10.8 Å². The van der Waals surface area contributed by atoms with Crippen molar-refractivity contribution in [3.05, 3.63) is 53.9 Å². The molecule has 0 bridgehead atoms. The predicted octanol–water partition coefficient (Wildman–Crippen LogP) is 2.28. The van der Waals surface area contributed by atoms with Crippen molar-refractivity contribution in [1.82, 2.24) is 4.98 Å². The van der Waals surface area contributed by atoms with E-state index in [1.165, 1.54) is 0 Å². The SMILES string of the molecule is Cc1ccc(N)cc1S(=O)Cc1ccncc1. The minimum atomic E-state index is -1.06. The fraction of sp³-hybridized carbons (Fsp3) is 0.154. The number of nitrogens with zero attached hydrogens (tertiary/aromatic N) is 1. The lowest BCUT2D eigenvalue weighted by Crippen LogP contribution is -2.00. The van der Waals surface area contributed by atoms with Gasteiger partial charge in [0.25, 0.3) is 0 Å². The van der Waals surface area contributed by atoms with E-state index >= 15 is 0 Å². The monoisotopic (exact) mass is 246 g/mol. The quantitative estimate of drug-likeness (QED) is 0.845. The van der Waals surface area contributed by atoms with E-state index in [9.17, 15) is 4.21 Å². The predicted molar refractivity (Wildman–Crippen MR) is 69.9 cm³/mol. The van der Waals surface area contributed by atoms with E-state index in [1.807, 2.05) is 31.2 Å². The molecular weight excluding hydrogens is 232 g/mol. The fourth-order valence-electron chi connectivity index (χ4n) is 1.57. The van der Waals surface area contributed by atoms with Crippen LogP contribution in [0.15, 0.2) is 47.6 Å². The van der Waals surface area contributed by atoms with Crippen LogP contribution in [-0.2, 0) is 16.6 Å². The second-order valence-corrected chi connectivity index (χ2v) is 5.29. The molecule has 0 aliphatic heterocycles. The van der Waals surface area contributed by atoms with Gasteiger partial charge in [-0.25, -0.2) is 0 Å². The molecule has 2 rings (SSSR count). The number of aryl methyl sites for hydroxylation is 1. The second kappa shape index (κ2) is 5.10. The van der Waals surface area contributed by atoms with Gasteiger partial charge in [-0.3, -0.25) is 9.19 Å². The number of nitrogen functional groups attached to an aromatic ring is 1. The maximum absolute atomic E-state index is 12.2. The Morgan fingerprint density at radius 3 is 2.65 bits per heavy atom. The van der Waals surface area contributed by atoms with Gasteiger partial charge in [-0.05, 0) is 42.3 Å². The maximum atomic E-state index is 12.2. The largest absolute Gasteiger partial charge is 0.399 e. The number of aromatic nitrogens is 1. The Bertz CT molecular complexity index is 540. The lowest BCUT2D eigenvalue weighted by molar-refractivity contribution is 0.682. The summed E-state index contributed by atoms with van der Waals surface area (Å²) in [6.45, 7) is 1.94. The Balaban J connectivity index is 2.23. The van der Waals surface area contributed by atoms with Gasteiger partial charge < -0.3 is 5.73 Å². The molecule has 1 aromatic carbocycles. The summed E-state index contributed by atoms with van der Waals surface area (Å²) in [6.07, 6.45) is 3.41. The highest BCUT2D eigenvalue weighted by atomic mass is 32.2. The second-order valence-electron chi connectivity index (χ2n) is 3.87. The average molecular weight is 246 g/mol. The number of nitrogens with two attached hydrogens (primary N) is 1. The lowest BCUT2D eigenvalue weighted by atomic mass is 10.2. The molecule has 3 nitrogen and oxygen atoms in total. The molecule has 0 radical (unpaired) electrons. The van der Waals surface area contributed by atoms with E-state index in [2.05, 4.69) is 4.98 Å². The number of anilines is 1. The Kier molecular flexibility index (Phi) is 3.54. The summed E-state index contributed by atoms with van der Waals surface area (Å²) in [5, 5.41) is 0. The Hall–Kier alpha value is -1.68. The van der Waals surface area contributed by atoms with Crippen LogP contribution in [0.1, 0.15) is 11.1 Å². The molecule has 4 heteroatoms. The van der Waals surface area contributed by atoms with Crippen LogP contribution in [0.3, 0.4) is 0 Å². The van der Waals surface area contributed by atoms with E-state index in [0.29, 0.717) is 11.4 Å². The molecule has 0 amide bonds. The van der Waals surface area contributed by atoms with Gasteiger partial charge in [0.05, 0.1) is 16.6 Å². The highest BCUT2D eigenvalue weighted by Crippen LogP contribution is 2.19. The van der Waals surface area contributed by atoms with Gasteiger partial charge in [-0.2, -0.15) is 0 Å². The van der Waals surface area contributed by atoms with Gasteiger partial charge in [-0.15, -0.1) is 0 Å². The van der Waals surface area contributed by atoms with Crippen LogP contribution in [0.2, 0.25) is 0 Å². The number of rotatable bonds is 3. The topological polar surface area (TPSA) is 56.0 Å². The zero-order valence-corrected chi connectivity index (χ0v) is 10.4. The van der Waals surface area contributed by atoms with Gasteiger partial charge in [0.1, 0.15) is 0 Å². The Labute approximate surface area is 103 Å². The summed E-state index contributed by atoms with van der Waals surface area (Å²) in [6, 6.07) is 9.25. The van der Waals surface area contributed by atoms with Crippen molar-refractivity contribution >= 4 is 16.5 Å². The maximum Gasteiger partial charge on any atom is 0.0577 e. The van der Waals surface area contributed by atoms with E-state index in [4.69, 9.17) is 5.73 Å². The van der Waals surface area contributed by atoms with Crippen LogP contribution in [-0.4, -0.2) is 9.19 Å². The molecule has 0 fully saturated rings. The summed E-state index contributed by atoms with van der Waals surface area (Å²) < 4.78 is 12.2. The number of benzene rings is 1. The first-order valence-electron chi connectivity index (χ1n) is 5.30. The summed E-state index contributed by atoms with van der Waals surface area (Å²) in [4.78, 5) is 4.75. The van der Waals surface area contributed by atoms with Gasteiger partial charge in [0.2, 0.25) is 0 Å². The Morgan fingerprint density at radius 2 is 1.94 bits per heavy atom. The minimum Gasteiger partial charge on any atom is -0.399 e. The van der Waals surface area contributed by atoms with Crippen molar-refractivity contribution in [2.75, 3.05) is 5.73 Å². The fourth-order valence-corrected chi connectivity index (χ4v) is 2.92. The summed E-state index contributed by atoms with van der Waals surface area (Å²) >= 11 is 0. The zero-order chi connectivity index (χ0) is 12.3. The zero-order valence-electron chi connectivity index (χ0n) is 9.59. The molecule has 2 aromatic rings. The number of hydrogen-bond acceptors (Lipinski definition) is 3. The molecule has 0 aliphatic rings. The van der Waals surface area contributed by atoms with Crippen LogP contribution < -0.4 is 5.73 Å². The third kappa shape index (κ3) is 2.91. The van der Waals surface area contributed by atoms with Crippen molar-refractivity contribution in [3.63, 3.8) is 0 Å². The highest BCUT2D eigenvalue weighted by molar-refractivity contribution is 7.84. The van der Waals surface area contributed by atoms with Crippen LogP contribution in [0.5, 0.6) is 0 Å². The van der Waals surface area contributed by atoms with Crippen LogP contribution in [0.25, 0.3) is 0 Å². The van der Waals surface area contributed by atoms with Gasteiger partial charge >= 0.3 is 0 Å². The molecule has 1 atom stereocenters. The molecule has 0 saturated heterocycles. The third-order valence-corrected chi connectivity index (χ3v) is 4.03. The molecule has 0 spiro atoms. The summed E-state index contributed by atoms with van der Waals surface area (Å²) in [5.41, 5.74) is 8.38. The number of hydrogen-bond donors (Lipinski definition) is 1. The smallest absolute Gasteiger partial charge is 0.0577 e. The number of pyridine rings is 1. The van der Waals surface area contributed by atoms with Gasteiger partial charge in [-0.1, -0.05) is 6.07 Å². The molecule has 0 saturated carbocycles. The third-order valence-electron chi connectivity index (χ3n) is 2.50. The van der Waals surface area contributed by atoms with Crippen LogP contribution in [0, 0.1) is 6.92 Å². The molecular formula is C13H14N2OS. The molecule has 1 unspecified atom stereocenters. The molecule has 1 aromatic heterocycles. The molecule has 17 heavy (non-hydrogen) atoms. The van der Waals surface area contributed by atoms with Crippen LogP contribution >= 0.6 is 0 Å². The lowest BCUT2D eigenvalue weighted by Gasteiger charge is -2.07. The van der Waals surface area contributed by atoms with E-state index in [0.717, 1.165) is 16.0 Å². The first kappa shape index (κ1) is 11.8. The molecule has 1 heterocycles. The minimum absolute atomic E-state index is 0.493. The Morgan fingerprint density at radius 1 is 1.24 bits per heavy atom. The first-order chi connectivity index (χ1) is 8.16.